The van der Waals surface area contributed by atoms with Crippen LogP contribution in [0.2, 0.25) is 0 Å². The highest BCUT2D eigenvalue weighted by Crippen LogP contribution is 2.28. The van der Waals surface area contributed by atoms with Crippen molar-refractivity contribution < 1.29 is 9.66 Å². The van der Waals surface area contributed by atoms with Gasteiger partial charge in [0.2, 0.25) is 0 Å². The van der Waals surface area contributed by atoms with Crippen molar-refractivity contribution in [1.29, 1.82) is 0 Å². The van der Waals surface area contributed by atoms with Gasteiger partial charge in [0.05, 0.1) is 24.3 Å². The van der Waals surface area contributed by atoms with Crippen molar-refractivity contribution in [3.05, 3.63) is 40.7 Å². The molecule has 1 aromatic carbocycles. The number of morpholine rings is 1. The second-order valence-electron chi connectivity index (χ2n) is 6.63. The molecule has 25 heavy (non-hydrogen) atoms. The molecule has 2 atom stereocenters. The van der Waals surface area contributed by atoms with Crippen LogP contribution in [0.15, 0.2) is 30.6 Å². The minimum absolute atomic E-state index is 0.0482. The number of hydrogen-bond donors (Lipinski definition) is 0. The predicted molar refractivity (Wildman–Crippen MR) is 90.8 cm³/mol. The second kappa shape index (κ2) is 6.89. The number of aromatic nitrogens is 3. The van der Waals surface area contributed by atoms with Crippen molar-refractivity contribution in [1.82, 2.24) is 19.7 Å². The molecule has 1 aliphatic carbocycles. The summed E-state index contributed by atoms with van der Waals surface area (Å²) in [7, 11) is 0. The summed E-state index contributed by atoms with van der Waals surface area (Å²) >= 11 is 0. The maximum absolute atomic E-state index is 10.9. The van der Waals surface area contributed by atoms with Gasteiger partial charge >= 0.3 is 0 Å². The summed E-state index contributed by atoms with van der Waals surface area (Å²) in [6.45, 7) is 2.33. The lowest BCUT2D eigenvalue weighted by molar-refractivity contribution is -0.384. The maximum atomic E-state index is 10.9. The van der Waals surface area contributed by atoms with E-state index in [1.54, 1.807) is 18.5 Å². The summed E-state index contributed by atoms with van der Waals surface area (Å²) in [6.07, 6.45) is 6.82. The maximum Gasteiger partial charge on any atom is 0.270 e. The molecule has 8 nitrogen and oxygen atoms in total. The minimum Gasteiger partial charge on any atom is -0.375 e. The molecule has 2 heterocycles. The molecule has 1 aromatic heterocycles. The van der Waals surface area contributed by atoms with E-state index in [1.807, 2.05) is 4.68 Å². The van der Waals surface area contributed by atoms with E-state index < -0.39 is 4.92 Å². The summed E-state index contributed by atoms with van der Waals surface area (Å²) < 4.78 is 7.72. The highest BCUT2D eigenvalue weighted by atomic mass is 16.6. The minimum atomic E-state index is -0.405. The Morgan fingerprint density at radius 1 is 1.32 bits per heavy atom. The first kappa shape index (κ1) is 16.2. The van der Waals surface area contributed by atoms with Crippen LogP contribution < -0.4 is 0 Å². The highest BCUT2D eigenvalue weighted by Gasteiger charge is 2.34. The molecule has 1 aliphatic heterocycles. The van der Waals surface area contributed by atoms with Crippen LogP contribution in [-0.2, 0) is 11.4 Å². The standard InChI is InChI=1S/C17H21N5O3/c23-22(24)14-5-3-4-13(10-14)17-18-11-21(19-17)12-20-8-9-25-16-7-2-1-6-15(16)20/h3-5,10-11,15-16H,1-2,6-9,12H2/t15-,16+/m1/s1. The Bertz CT molecular complexity index is 760. The number of rotatable bonds is 4. The normalized spacial score (nSPS) is 24.0. The van der Waals surface area contributed by atoms with Crippen molar-refractivity contribution in [2.75, 3.05) is 13.2 Å². The van der Waals surface area contributed by atoms with Crippen molar-refractivity contribution in [2.24, 2.45) is 0 Å². The molecule has 0 unspecified atom stereocenters. The van der Waals surface area contributed by atoms with Crippen molar-refractivity contribution in [2.45, 2.75) is 44.5 Å². The first-order valence-corrected chi connectivity index (χ1v) is 8.70. The summed E-state index contributed by atoms with van der Waals surface area (Å²) in [5.41, 5.74) is 0.706. The van der Waals surface area contributed by atoms with E-state index in [4.69, 9.17) is 4.74 Å². The second-order valence-corrected chi connectivity index (χ2v) is 6.63. The lowest BCUT2D eigenvalue weighted by Gasteiger charge is -2.43. The SMILES string of the molecule is O=[N+]([O-])c1cccc(-c2ncn(CN3CCO[C@H]4CCCC[C@H]43)n2)c1. The quantitative estimate of drug-likeness (QED) is 0.626. The average molecular weight is 343 g/mol. The number of nitro benzene ring substituents is 1. The largest absolute Gasteiger partial charge is 0.375 e. The molecule has 2 fully saturated rings. The monoisotopic (exact) mass is 343 g/mol. The third kappa shape index (κ3) is 3.40. The number of nitro groups is 1. The summed E-state index contributed by atoms with van der Waals surface area (Å²) in [5, 5.41) is 15.4. The number of benzene rings is 1. The van der Waals surface area contributed by atoms with Crippen LogP contribution in [-0.4, -0.2) is 49.9 Å². The zero-order chi connectivity index (χ0) is 17.2. The van der Waals surface area contributed by atoms with Gasteiger partial charge in [-0.05, 0) is 12.8 Å². The van der Waals surface area contributed by atoms with Crippen LogP contribution in [0.25, 0.3) is 11.4 Å². The number of non-ortho nitro benzene ring substituents is 1. The molecule has 132 valence electrons. The smallest absolute Gasteiger partial charge is 0.270 e. The van der Waals surface area contributed by atoms with Gasteiger partial charge in [0.25, 0.3) is 5.69 Å². The van der Waals surface area contributed by atoms with Crippen molar-refractivity contribution >= 4 is 5.69 Å². The fourth-order valence-corrected chi connectivity index (χ4v) is 3.79. The summed E-state index contributed by atoms with van der Waals surface area (Å²) in [6, 6.07) is 6.87. The molecule has 8 heteroatoms. The van der Waals surface area contributed by atoms with Crippen LogP contribution in [0.3, 0.4) is 0 Å². The van der Waals surface area contributed by atoms with Crippen molar-refractivity contribution in [3.8, 4) is 11.4 Å². The van der Waals surface area contributed by atoms with E-state index in [0.29, 0.717) is 30.2 Å². The topological polar surface area (TPSA) is 86.3 Å². The van der Waals surface area contributed by atoms with Gasteiger partial charge in [0, 0.05) is 30.3 Å². The lowest BCUT2D eigenvalue weighted by Crippen LogP contribution is -2.52. The molecular formula is C17H21N5O3. The molecule has 0 amide bonds. The van der Waals surface area contributed by atoms with Crippen LogP contribution in [0.4, 0.5) is 5.69 Å². The van der Waals surface area contributed by atoms with Gasteiger partial charge in [0.1, 0.15) is 6.33 Å². The van der Waals surface area contributed by atoms with Crippen LogP contribution in [0.1, 0.15) is 25.7 Å². The first-order valence-electron chi connectivity index (χ1n) is 8.70. The molecule has 2 aliphatic rings. The van der Waals surface area contributed by atoms with Crippen LogP contribution >= 0.6 is 0 Å². The fraction of sp³-hybridized carbons (Fsp3) is 0.529. The van der Waals surface area contributed by atoms with Crippen LogP contribution in [0.5, 0.6) is 0 Å². The first-order chi connectivity index (χ1) is 12.2. The van der Waals surface area contributed by atoms with Crippen molar-refractivity contribution in [3.63, 3.8) is 0 Å². The molecule has 2 aromatic rings. The Labute approximate surface area is 145 Å². The highest BCUT2D eigenvalue weighted by molar-refractivity contribution is 5.58. The Balaban J connectivity index is 1.49. The van der Waals surface area contributed by atoms with Gasteiger partial charge < -0.3 is 4.74 Å². The third-order valence-electron chi connectivity index (χ3n) is 5.03. The van der Waals surface area contributed by atoms with Gasteiger partial charge in [-0.3, -0.25) is 15.0 Å². The van der Waals surface area contributed by atoms with Gasteiger partial charge in [-0.15, -0.1) is 5.10 Å². The summed E-state index contributed by atoms with van der Waals surface area (Å²) in [5.74, 6) is 0.511. The van der Waals surface area contributed by atoms with Gasteiger partial charge in [0.15, 0.2) is 5.82 Å². The molecule has 0 bridgehead atoms. The van der Waals surface area contributed by atoms with E-state index in [9.17, 15) is 10.1 Å². The van der Waals surface area contributed by atoms with E-state index in [0.717, 1.165) is 26.0 Å². The van der Waals surface area contributed by atoms with Crippen LogP contribution in [0, 0.1) is 10.1 Å². The zero-order valence-electron chi connectivity index (χ0n) is 14.0. The molecule has 4 rings (SSSR count). The third-order valence-corrected chi connectivity index (χ3v) is 5.03. The predicted octanol–water partition coefficient (Wildman–Crippen LogP) is 2.45. The van der Waals surface area contributed by atoms with Gasteiger partial charge in [-0.1, -0.05) is 25.0 Å². The van der Waals surface area contributed by atoms with Gasteiger partial charge in [-0.2, -0.15) is 0 Å². The summed E-state index contributed by atoms with van der Waals surface area (Å²) in [4.78, 5) is 17.3. The van der Waals surface area contributed by atoms with E-state index in [-0.39, 0.29) is 5.69 Å². The number of ether oxygens (including phenoxy) is 1. The zero-order valence-corrected chi connectivity index (χ0v) is 14.0. The Kier molecular flexibility index (Phi) is 4.46. The Morgan fingerprint density at radius 2 is 2.20 bits per heavy atom. The molecule has 0 radical (unpaired) electrons. The average Bonchev–Trinajstić information content (AvgIpc) is 3.11. The molecule has 1 saturated heterocycles. The van der Waals surface area contributed by atoms with E-state index in [1.165, 1.54) is 25.0 Å². The van der Waals surface area contributed by atoms with E-state index in [2.05, 4.69) is 15.0 Å². The number of fused-ring (bicyclic) bond motifs is 1. The lowest BCUT2D eigenvalue weighted by atomic mass is 9.90. The Morgan fingerprint density at radius 3 is 3.08 bits per heavy atom. The molecule has 0 spiro atoms. The number of nitrogens with zero attached hydrogens (tertiary/aromatic N) is 5. The molecule has 1 saturated carbocycles. The molecule has 0 N–H and O–H groups in total. The molecular weight excluding hydrogens is 322 g/mol. The number of hydrogen-bond acceptors (Lipinski definition) is 6. The fourth-order valence-electron chi connectivity index (χ4n) is 3.79. The Hall–Kier alpha value is -2.32. The van der Waals surface area contributed by atoms with Gasteiger partial charge in [-0.25, -0.2) is 9.67 Å². The van der Waals surface area contributed by atoms with E-state index >= 15 is 0 Å².